The van der Waals surface area contributed by atoms with Crippen molar-refractivity contribution < 1.29 is 71.7 Å². The molecule has 0 saturated carbocycles. The van der Waals surface area contributed by atoms with Crippen molar-refractivity contribution in [2.75, 3.05) is 0 Å². The smallest absolute Gasteiger partial charge is 0.416 e. The summed E-state index contributed by atoms with van der Waals surface area (Å²) in [5.74, 6) is -2.35. The summed E-state index contributed by atoms with van der Waals surface area (Å²) >= 11 is 0. The van der Waals surface area contributed by atoms with Crippen LogP contribution in [0.1, 0.15) is 52.8 Å². The molecule has 0 saturated heterocycles. The first kappa shape index (κ1) is 43.3. The van der Waals surface area contributed by atoms with Gasteiger partial charge in [-0.3, -0.25) is 4.79 Å². The van der Waals surface area contributed by atoms with Crippen molar-refractivity contribution in [1.82, 2.24) is 0 Å². The number of rotatable bonds is 6. The number of ether oxygens (including phenoxy) is 1. The summed E-state index contributed by atoms with van der Waals surface area (Å²) in [6.07, 6.45) is -18.2. The first-order valence-electron chi connectivity index (χ1n) is 18.1. The lowest BCUT2D eigenvalue weighted by Gasteiger charge is -2.26. The largest absolute Gasteiger partial charge is 0.506 e. The highest BCUT2D eigenvalue weighted by Crippen LogP contribution is 2.45. The number of carbonyl (C=O) groups excluding carboxylic acids is 1. The van der Waals surface area contributed by atoms with Crippen LogP contribution in [0.15, 0.2) is 154 Å². The Morgan fingerprint density at radius 1 is 0.516 bits per heavy atom. The molecular formula is C46H27F12O4+. The summed E-state index contributed by atoms with van der Waals surface area (Å²) in [5.41, 5.74) is -7.36. The molecule has 0 amide bonds. The number of halogens is 12. The molecule has 0 bridgehead atoms. The van der Waals surface area contributed by atoms with Gasteiger partial charge in [-0.25, -0.2) is 4.42 Å². The van der Waals surface area contributed by atoms with E-state index in [0.29, 0.717) is 35.4 Å². The predicted octanol–water partition coefficient (Wildman–Crippen LogP) is 14.6. The molecule has 62 heavy (non-hydrogen) atoms. The number of allylic oxidation sites excluding steroid dienone is 7. The third kappa shape index (κ3) is 8.67. The Morgan fingerprint density at radius 3 is 1.35 bits per heavy atom. The minimum absolute atomic E-state index is 0.0265. The van der Waals surface area contributed by atoms with E-state index in [9.17, 15) is 62.6 Å². The SMILES string of the molecule is C/C(C1=C(O)/C(=C(\C)c2cc(-c3ccccc3)[o+]c(-c3cc(C(F)(F)F)cc(C(F)(F)F)c3)c2)C1=O)=C1\C=C(c2ccccc2)OC(c2cc(C(F)(F)F)cc(C(F)(F)F)c2)=C1. The van der Waals surface area contributed by atoms with E-state index < -0.39 is 81.1 Å². The number of alkyl halides is 12. The van der Waals surface area contributed by atoms with Crippen LogP contribution in [0.3, 0.4) is 0 Å². The zero-order valence-corrected chi connectivity index (χ0v) is 31.8. The molecule has 16 heteroatoms. The van der Waals surface area contributed by atoms with Crippen molar-refractivity contribution in [2.24, 2.45) is 0 Å². The Labute approximate surface area is 343 Å². The number of hydrogen-bond donors (Lipinski definition) is 1. The van der Waals surface area contributed by atoms with Crippen molar-refractivity contribution >= 4 is 22.9 Å². The summed E-state index contributed by atoms with van der Waals surface area (Å²) in [6, 6.07) is 20.2. The van der Waals surface area contributed by atoms with Gasteiger partial charge < -0.3 is 9.84 Å². The zero-order chi connectivity index (χ0) is 45.1. The van der Waals surface area contributed by atoms with Gasteiger partial charge in [-0.2, -0.15) is 52.7 Å². The average molecular weight is 872 g/mol. The second-order valence-electron chi connectivity index (χ2n) is 14.1. The summed E-state index contributed by atoms with van der Waals surface area (Å²) in [7, 11) is 0. The molecule has 4 aromatic carbocycles. The van der Waals surface area contributed by atoms with Gasteiger partial charge in [0.25, 0.3) is 0 Å². The molecule has 2 aliphatic rings. The molecule has 0 unspecified atom stereocenters. The van der Waals surface area contributed by atoms with Crippen LogP contribution >= 0.6 is 0 Å². The highest BCUT2D eigenvalue weighted by molar-refractivity contribution is 6.25. The van der Waals surface area contributed by atoms with Gasteiger partial charge in [0, 0.05) is 11.1 Å². The second kappa shape index (κ2) is 15.6. The van der Waals surface area contributed by atoms with Crippen molar-refractivity contribution in [3.8, 4) is 22.6 Å². The van der Waals surface area contributed by atoms with Crippen LogP contribution in [0.2, 0.25) is 0 Å². The van der Waals surface area contributed by atoms with Crippen molar-refractivity contribution in [3.63, 3.8) is 0 Å². The molecule has 0 fully saturated rings. The summed E-state index contributed by atoms with van der Waals surface area (Å²) < 4.78 is 178. The number of carbonyl (C=O) groups is 1. The molecule has 0 spiro atoms. The van der Waals surface area contributed by atoms with E-state index >= 15 is 0 Å². The Bertz CT molecular complexity index is 2720. The van der Waals surface area contributed by atoms with Crippen molar-refractivity contribution in [2.45, 2.75) is 38.6 Å². The molecule has 0 radical (unpaired) electrons. The minimum Gasteiger partial charge on any atom is -0.506 e. The van der Waals surface area contributed by atoms with Gasteiger partial charge in [0.15, 0.2) is 0 Å². The number of hydrogen-bond acceptors (Lipinski definition) is 3. The van der Waals surface area contributed by atoms with E-state index in [-0.39, 0.29) is 57.1 Å². The fraction of sp³-hybridized carbons (Fsp3) is 0.130. The lowest BCUT2D eigenvalue weighted by atomic mass is 9.78. The van der Waals surface area contributed by atoms with E-state index in [1.807, 2.05) is 0 Å². The molecule has 1 aromatic heterocycles. The van der Waals surface area contributed by atoms with Crippen molar-refractivity contribution in [1.29, 1.82) is 0 Å². The van der Waals surface area contributed by atoms with Crippen LogP contribution in [0.25, 0.3) is 39.7 Å². The Morgan fingerprint density at radius 2 is 0.919 bits per heavy atom. The Kier molecular flexibility index (Phi) is 10.9. The number of aliphatic hydroxyl groups is 1. The molecule has 2 heterocycles. The fourth-order valence-corrected chi connectivity index (χ4v) is 6.79. The number of benzene rings is 4. The molecule has 4 nitrogen and oxygen atoms in total. The average Bonchev–Trinajstić information content (AvgIpc) is 3.22. The van der Waals surface area contributed by atoms with Crippen LogP contribution in [0.5, 0.6) is 0 Å². The van der Waals surface area contributed by atoms with Crippen LogP contribution in [0.4, 0.5) is 52.7 Å². The monoisotopic (exact) mass is 871 g/mol. The fourth-order valence-electron chi connectivity index (χ4n) is 6.79. The number of aliphatic hydroxyl groups excluding tert-OH is 1. The van der Waals surface area contributed by atoms with E-state index in [1.165, 1.54) is 26.0 Å². The quantitative estimate of drug-likeness (QED) is 0.105. The number of Topliss-reactive ketones (excluding diaryl/α,β-unsaturated/α-hetero) is 1. The van der Waals surface area contributed by atoms with Gasteiger partial charge in [0.2, 0.25) is 5.78 Å². The number of ketones is 1. The molecule has 0 atom stereocenters. The second-order valence-corrected chi connectivity index (χ2v) is 14.1. The highest BCUT2D eigenvalue weighted by atomic mass is 19.4. The van der Waals surface area contributed by atoms with Crippen LogP contribution in [0, 0.1) is 0 Å². The summed E-state index contributed by atoms with van der Waals surface area (Å²) in [4.78, 5) is 14.0. The lowest BCUT2D eigenvalue weighted by molar-refractivity contribution is -0.144. The van der Waals surface area contributed by atoms with E-state index in [0.717, 1.165) is 12.1 Å². The zero-order valence-electron chi connectivity index (χ0n) is 31.8. The topological polar surface area (TPSA) is 57.8 Å². The standard InChI is InChI=1S/C46H26F12O4/c1-23(27-17-35(25-9-5-3-6-10-25)61-37(19-27)29-13-31(43(47,48)49)21-32(14-29)44(50,51)52)39-41(59)40(42(39)60)24(2)28-18-36(26-11-7-4-8-12-26)62-38(20-28)30-15-33(45(53,54)55)22-34(16-30)46(56,57)58/h3-22H,1-2H3/p+1. The first-order valence-corrected chi connectivity index (χ1v) is 18.1. The van der Waals surface area contributed by atoms with Crippen LogP contribution in [-0.2, 0) is 34.2 Å². The van der Waals surface area contributed by atoms with Crippen LogP contribution in [-0.4, -0.2) is 10.9 Å². The molecule has 1 aliphatic heterocycles. The van der Waals surface area contributed by atoms with Gasteiger partial charge >= 0.3 is 36.2 Å². The maximum absolute atomic E-state index is 14.0. The Hall–Kier alpha value is -6.84. The van der Waals surface area contributed by atoms with E-state index in [1.54, 1.807) is 60.7 Å². The normalized spacial score (nSPS) is 16.6. The molecule has 1 aliphatic carbocycles. The van der Waals surface area contributed by atoms with E-state index in [4.69, 9.17) is 9.15 Å². The summed E-state index contributed by atoms with van der Waals surface area (Å²) in [6.45, 7) is 2.74. The third-order valence-corrected chi connectivity index (χ3v) is 9.99. The molecule has 7 rings (SSSR count). The van der Waals surface area contributed by atoms with Gasteiger partial charge in [0.05, 0.1) is 56.7 Å². The maximum Gasteiger partial charge on any atom is 0.416 e. The van der Waals surface area contributed by atoms with Crippen molar-refractivity contribution in [3.05, 3.63) is 188 Å². The van der Waals surface area contributed by atoms with Gasteiger partial charge in [-0.1, -0.05) is 48.5 Å². The van der Waals surface area contributed by atoms with Gasteiger partial charge in [0.1, 0.15) is 17.3 Å². The first-order chi connectivity index (χ1) is 28.9. The summed E-state index contributed by atoms with van der Waals surface area (Å²) in [5, 5.41) is 11.5. The molecular weight excluding hydrogens is 844 g/mol. The Balaban J connectivity index is 1.39. The molecule has 1 N–H and O–H groups in total. The van der Waals surface area contributed by atoms with Gasteiger partial charge in [-0.15, -0.1) is 0 Å². The van der Waals surface area contributed by atoms with E-state index in [2.05, 4.69) is 0 Å². The maximum atomic E-state index is 14.0. The third-order valence-electron chi connectivity index (χ3n) is 9.99. The molecule has 318 valence electrons. The minimum atomic E-state index is -5.18. The molecule has 5 aromatic rings. The van der Waals surface area contributed by atoms with Gasteiger partial charge in [-0.05, 0) is 96.8 Å². The van der Waals surface area contributed by atoms with Crippen LogP contribution < -0.4 is 0 Å². The highest BCUT2D eigenvalue weighted by Gasteiger charge is 2.41. The lowest BCUT2D eigenvalue weighted by Crippen LogP contribution is -2.25. The predicted molar refractivity (Wildman–Crippen MR) is 204 cm³/mol.